The van der Waals surface area contributed by atoms with Crippen molar-refractivity contribution in [2.24, 2.45) is 0 Å². The van der Waals surface area contributed by atoms with Crippen LogP contribution in [0, 0.1) is 10.1 Å². The molecule has 0 bridgehead atoms. The molecule has 1 fully saturated rings. The Hall–Kier alpha value is -4.68. The van der Waals surface area contributed by atoms with Gasteiger partial charge in [0, 0.05) is 17.8 Å². The van der Waals surface area contributed by atoms with Crippen LogP contribution in [-0.4, -0.2) is 46.0 Å². The molecule has 3 aromatic carbocycles. The number of hydrogen-bond donors (Lipinski definition) is 1. The SMILES string of the molecule is CCCCOC(=O)c1cc(NC(=O)CN2C(=O)S/C(=C/c3cccc(OCc4ccc([N+](=O)[O-])cc4)c3)C2=O)ccc1Cl. The van der Waals surface area contributed by atoms with Crippen LogP contribution in [0.15, 0.2) is 71.6 Å². The number of nitro benzene ring substituents is 1. The Kier molecular flexibility index (Phi) is 10.5. The molecule has 1 saturated heterocycles. The molecule has 4 rings (SSSR count). The fourth-order valence-electron chi connectivity index (χ4n) is 3.85. The molecule has 0 radical (unpaired) electrons. The Labute approximate surface area is 255 Å². The highest BCUT2D eigenvalue weighted by Gasteiger charge is 2.36. The zero-order valence-corrected chi connectivity index (χ0v) is 24.5. The molecule has 0 saturated carbocycles. The molecule has 1 aliphatic rings. The number of nitrogens with one attached hydrogen (secondary N) is 1. The first-order valence-corrected chi connectivity index (χ1v) is 14.3. The first-order valence-electron chi connectivity index (χ1n) is 13.1. The highest BCUT2D eigenvalue weighted by atomic mass is 35.5. The van der Waals surface area contributed by atoms with E-state index in [1.807, 2.05) is 6.92 Å². The zero-order valence-electron chi connectivity index (χ0n) is 22.9. The largest absolute Gasteiger partial charge is 0.489 e. The third-order valence-electron chi connectivity index (χ3n) is 6.08. The molecule has 0 unspecified atom stereocenters. The molecule has 11 nitrogen and oxygen atoms in total. The van der Waals surface area contributed by atoms with E-state index >= 15 is 0 Å². The quantitative estimate of drug-likeness (QED) is 0.0789. The molecule has 0 atom stereocenters. The van der Waals surface area contributed by atoms with Crippen molar-refractivity contribution in [3.63, 3.8) is 0 Å². The summed E-state index contributed by atoms with van der Waals surface area (Å²) in [4.78, 5) is 61.9. The number of nitrogens with zero attached hydrogens (tertiary/aromatic N) is 2. The molecule has 1 N–H and O–H groups in total. The summed E-state index contributed by atoms with van der Waals surface area (Å²) in [6.45, 7) is 1.85. The summed E-state index contributed by atoms with van der Waals surface area (Å²) in [7, 11) is 0. The standard InChI is InChI=1S/C30H26ClN3O8S/c1-2-3-13-41-29(37)24-16-21(9-12-25(24)31)32-27(35)17-33-28(36)26(43-30(33)38)15-20-5-4-6-23(14-20)42-18-19-7-10-22(11-8-19)34(39)40/h4-12,14-16H,2-3,13,17-18H2,1H3,(H,32,35)/b26-15+. The number of halogens is 1. The van der Waals surface area contributed by atoms with Gasteiger partial charge in [-0.1, -0.05) is 37.1 Å². The monoisotopic (exact) mass is 623 g/mol. The van der Waals surface area contributed by atoms with E-state index in [0.29, 0.717) is 29.5 Å². The van der Waals surface area contributed by atoms with E-state index in [0.717, 1.165) is 16.9 Å². The van der Waals surface area contributed by atoms with Crippen molar-refractivity contribution in [3.05, 3.63) is 103 Å². The number of non-ortho nitro benzene ring substituents is 1. The second-order valence-corrected chi connectivity index (χ2v) is 10.7. The lowest BCUT2D eigenvalue weighted by molar-refractivity contribution is -0.384. The van der Waals surface area contributed by atoms with Gasteiger partial charge in [0.05, 0.1) is 27.0 Å². The van der Waals surface area contributed by atoms with Gasteiger partial charge in [-0.15, -0.1) is 0 Å². The summed E-state index contributed by atoms with van der Waals surface area (Å²) in [5.74, 6) is -1.40. The number of esters is 1. The first kappa shape index (κ1) is 31.3. The summed E-state index contributed by atoms with van der Waals surface area (Å²) in [5, 5.41) is 13.0. The van der Waals surface area contributed by atoms with E-state index in [2.05, 4.69) is 5.32 Å². The second-order valence-electron chi connectivity index (χ2n) is 9.28. The van der Waals surface area contributed by atoms with Gasteiger partial charge < -0.3 is 14.8 Å². The van der Waals surface area contributed by atoms with Gasteiger partial charge in [0.2, 0.25) is 5.91 Å². The maximum Gasteiger partial charge on any atom is 0.339 e. The van der Waals surface area contributed by atoms with E-state index < -0.39 is 34.5 Å². The normalized spacial score (nSPS) is 13.7. The Balaban J connectivity index is 1.36. The van der Waals surface area contributed by atoms with Gasteiger partial charge >= 0.3 is 5.97 Å². The second kappa shape index (κ2) is 14.5. The summed E-state index contributed by atoms with van der Waals surface area (Å²) in [6.07, 6.45) is 3.08. The van der Waals surface area contributed by atoms with Crippen molar-refractivity contribution in [2.75, 3.05) is 18.5 Å². The molecule has 3 aromatic rings. The number of ether oxygens (including phenoxy) is 2. The van der Waals surface area contributed by atoms with Crippen molar-refractivity contribution >= 4 is 63.8 Å². The third-order valence-corrected chi connectivity index (χ3v) is 7.32. The van der Waals surface area contributed by atoms with Crippen LogP contribution in [-0.2, 0) is 20.9 Å². The molecule has 0 aliphatic carbocycles. The van der Waals surface area contributed by atoms with Gasteiger partial charge in [-0.3, -0.25) is 29.4 Å². The van der Waals surface area contributed by atoms with Crippen molar-refractivity contribution in [3.8, 4) is 5.75 Å². The van der Waals surface area contributed by atoms with Gasteiger partial charge in [-0.05, 0) is 77.9 Å². The number of carbonyl (C=O) groups is 4. The van der Waals surface area contributed by atoms with Crippen LogP contribution in [0.4, 0.5) is 16.2 Å². The highest BCUT2D eigenvalue weighted by molar-refractivity contribution is 8.18. The maximum atomic E-state index is 13.0. The topological polar surface area (TPSA) is 145 Å². The summed E-state index contributed by atoms with van der Waals surface area (Å²) < 4.78 is 11.0. The number of imide groups is 1. The van der Waals surface area contributed by atoms with Crippen LogP contribution in [0.1, 0.15) is 41.3 Å². The van der Waals surface area contributed by atoms with Crippen LogP contribution in [0.25, 0.3) is 6.08 Å². The van der Waals surface area contributed by atoms with E-state index in [-0.39, 0.29) is 40.1 Å². The molecule has 43 heavy (non-hydrogen) atoms. The molecule has 0 spiro atoms. The minimum atomic E-state index is -0.641. The lowest BCUT2D eigenvalue weighted by Crippen LogP contribution is -2.36. The molecular formula is C30H26ClN3O8S. The van der Waals surface area contributed by atoms with Crippen molar-refractivity contribution in [1.29, 1.82) is 0 Å². The maximum absolute atomic E-state index is 13.0. The van der Waals surface area contributed by atoms with Gasteiger partial charge in [0.15, 0.2) is 0 Å². The average Bonchev–Trinajstić information content (AvgIpc) is 3.24. The van der Waals surface area contributed by atoms with E-state index in [4.69, 9.17) is 21.1 Å². The first-order chi connectivity index (χ1) is 20.6. The zero-order chi connectivity index (χ0) is 30.9. The molecule has 1 aliphatic heterocycles. The van der Waals surface area contributed by atoms with E-state index in [1.165, 1.54) is 36.4 Å². The van der Waals surface area contributed by atoms with Gasteiger partial charge in [-0.25, -0.2) is 4.79 Å². The molecule has 222 valence electrons. The number of unbranched alkanes of at least 4 members (excludes halogenated alkanes) is 1. The fourth-order valence-corrected chi connectivity index (χ4v) is 4.89. The fraction of sp³-hybridized carbons (Fsp3) is 0.200. The average molecular weight is 624 g/mol. The van der Waals surface area contributed by atoms with Crippen LogP contribution in [0.5, 0.6) is 5.75 Å². The third kappa shape index (κ3) is 8.43. The smallest absolute Gasteiger partial charge is 0.339 e. The molecule has 0 aromatic heterocycles. The van der Waals surface area contributed by atoms with Crippen LogP contribution in [0.2, 0.25) is 5.02 Å². The number of benzene rings is 3. The minimum absolute atomic E-state index is 0.0175. The number of anilines is 1. The van der Waals surface area contributed by atoms with E-state index in [1.54, 1.807) is 36.4 Å². The number of thioether (sulfide) groups is 1. The van der Waals surface area contributed by atoms with Crippen molar-refractivity contribution < 1.29 is 33.6 Å². The minimum Gasteiger partial charge on any atom is -0.489 e. The van der Waals surface area contributed by atoms with Gasteiger partial charge in [0.1, 0.15) is 18.9 Å². The van der Waals surface area contributed by atoms with Crippen molar-refractivity contribution in [1.82, 2.24) is 4.90 Å². The Morgan fingerprint density at radius 2 is 1.86 bits per heavy atom. The highest BCUT2D eigenvalue weighted by Crippen LogP contribution is 2.33. The number of carbonyl (C=O) groups excluding carboxylic acids is 4. The predicted molar refractivity (Wildman–Crippen MR) is 162 cm³/mol. The van der Waals surface area contributed by atoms with Crippen LogP contribution >= 0.6 is 23.4 Å². The van der Waals surface area contributed by atoms with Gasteiger partial charge in [0.25, 0.3) is 16.8 Å². The predicted octanol–water partition coefficient (Wildman–Crippen LogP) is 6.46. The summed E-state index contributed by atoms with van der Waals surface area (Å²) in [6, 6.07) is 17.1. The molecule has 1 heterocycles. The number of hydrogen-bond acceptors (Lipinski definition) is 9. The summed E-state index contributed by atoms with van der Waals surface area (Å²) in [5.41, 5.74) is 1.65. The van der Waals surface area contributed by atoms with E-state index in [9.17, 15) is 29.3 Å². The lowest BCUT2D eigenvalue weighted by Gasteiger charge is -2.13. The number of amides is 3. The Morgan fingerprint density at radius 1 is 1.09 bits per heavy atom. The molecule has 13 heteroatoms. The number of rotatable bonds is 12. The Bertz CT molecular complexity index is 1590. The lowest BCUT2D eigenvalue weighted by atomic mass is 10.2. The van der Waals surface area contributed by atoms with Gasteiger partial charge in [-0.2, -0.15) is 0 Å². The molecule has 3 amide bonds. The number of nitro groups is 1. The Morgan fingerprint density at radius 3 is 2.58 bits per heavy atom. The molecular weight excluding hydrogens is 598 g/mol. The summed E-state index contributed by atoms with van der Waals surface area (Å²) >= 11 is 6.83. The van der Waals surface area contributed by atoms with Crippen molar-refractivity contribution in [2.45, 2.75) is 26.4 Å². The van der Waals surface area contributed by atoms with Crippen LogP contribution < -0.4 is 10.1 Å². The van der Waals surface area contributed by atoms with Crippen LogP contribution in [0.3, 0.4) is 0 Å².